The molecular formula is C22H24N8OS. The second kappa shape index (κ2) is 9.56. The lowest BCUT2D eigenvalue weighted by Gasteiger charge is -2.11. The molecule has 32 heavy (non-hydrogen) atoms. The number of carbonyl (C=O) groups excluding carboxylic acids is 1. The van der Waals surface area contributed by atoms with Crippen molar-refractivity contribution in [3.63, 3.8) is 0 Å². The van der Waals surface area contributed by atoms with Gasteiger partial charge in [0.15, 0.2) is 0 Å². The normalized spacial score (nSPS) is 10.7. The van der Waals surface area contributed by atoms with Crippen molar-refractivity contribution in [2.45, 2.75) is 13.8 Å². The lowest BCUT2D eigenvalue weighted by Crippen LogP contribution is -2.30. The topological polar surface area (TPSA) is 110 Å². The first-order valence-electron chi connectivity index (χ1n) is 10.1. The minimum absolute atomic E-state index is 0.170. The van der Waals surface area contributed by atoms with Crippen molar-refractivity contribution in [3.8, 4) is 10.6 Å². The molecule has 4 aromatic heterocycles. The molecule has 4 rings (SSSR count). The van der Waals surface area contributed by atoms with Crippen LogP contribution in [0.1, 0.15) is 21.9 Å². The molecule has 0 aliphatic heterocycles. The van der Waals surface area contributed by atoms with Gasteiger partial charge in [0.1, 0.15) is 34.7 Å². The van der Waals surface area contributed by atoms with Crippen LogP contribution in [0.15, 0.2) is 48.0 Å². The highest BCUT2D eigenvalue weighted by Gasteiger charge is 2.14. The maximum absolute atomic E-state index is 12.6. The number of pyridine rings is 1. The average molecular weight is 449 g/mol. The monoisotopic (exact) mass is 448 g/mol. The van der Waals surface area contributed by atoms with Crippen molar-refractivity contribution in [2.24, 2.45) is 7.05 Å². The minimum atomic E-state index is -0.170. The number of amides is 1. The molecule has 0 aromatic carbocycles. The van der Waals surface area contributed by atoms with Crippen molar-refractivity contribution in [1.29, 1.82) is 0 Å². The van der Waals surface area contributed by atoms with Crippen LogP contribution in [-0.2, 0) is 7.05 Å². The van der Waals surface area contributed by atoms with E-state index < -0.39 is 0 Å². The van der Waals surface area contributed by atoms with Crippen LogP contribution in [0.3, 0.4) is 0 Å². The van der Waals surface area contributed by atoms with E-state index in [0.717, 1.165) is 22.0 Å². The van der Waals surface area contributed by atoms with Gasteiger partial charge in [0.05, 0.1) is 4.88 Å². The second-order valence-corrected chi connectivity index (χ2v) is 8.18. The molecule has 0 spiro atoms. The van der Waals surface area contributed by atoms with Gasteiger partial charge in [-0.15, -0.1) is 11.3 Å². The van der Waals surface area contributed by atoms with E-state index >= 15 is 0 Å². The third-order valence-corrected chi connectivity index (χ3v) is 5.50. The fraction of sp³-hybridized carbons (Fsp3) is 0.227. The molecule has 0 aliphatic rings. The maximum atomic E-state index is 12.6. The van der Waals surface area contributed by atoms with Crippen molar-refractivity contribution < 1.29 is 4.79 Å². The predicted molar refractivity (Wildman–Crippen MR) is 126 cm³/mol. The highest BCUT2D eigenvalue weighted by molar-refractivity contribution is 7.13. The van der Waals surface area contributed by atoms with Crippen molar-refractivity contribution in [2.75, 3.05) is 23.7 Å². The number of anilines is 3. The Hall–Kier alpha value is -3.79. The first kappa shape index (κ1) is 21.4. The molecule has 10 heteroatoms. The summed E-state index contributed by atoms with van der Waals surface area (Å²) in [5.41, 5.74) is 2.42. The number of hydrogen-bond acceptors (Lipinski definition) is 8. The number of aryl methyl sites for hydroxylation is 3. The fourth-order valence-corrected chi connectivity index (χ4v) is 3.82. The molecule has 4 heterocycles. The molecule has 0 saturated heterocycles. The molecule has 0 radical (unpaired) electrons. The van der Waals surface area contributed by atoms with Gasteiger partial charge in [0.2, 0.25) is 0 Å². The number of nitrogens with zero attached hydrogens (tertiary/aromatic N) is 5. The zero-order chi connectivity index (χ0) is 22.5. The summed E-state index contributed by atoms with van der Waals surface area (Å²) < 4.78 is 1.60. The van der Waals surface area contributed by atoms with Gasteiger partial charge in [0, 0.05) is 32.4 Å². The van der Waals surface area contributed by atoms with Gasteiger partial charge < -0.3 is 16.0 Å². The first-order chi connectivity index (χ1) is 15.5. The van der Waals surface area contributed by atoms with Crippen molar-refractivity contribution in [3.05, 3.63) is 65.1 Å². The van der Waals surface area contributed by atoms with Crippen LogP contribution in [0.5, 0.6) is 0 Å². The van der Waals surface area contributed by atoms with Gasteiger partial charge in [-0.3, -0.25) is 9.48 Å². The summed E-state index contributed by atoms with van der Waals surface area (Å²) >= 11 is 1.59. The first-order valence-corrected chi connectivity index (χ1v) is 11.0. The Kier molecular flexibility index (Phi) is 6.41. The van der Waals surface area contributed by atoms with E-state index in [0.29, 0.717) is 36.2 Å². The Morgan fingerprint density at radius 1 is 1.06 bits per heavy atom. The van der Waals surface area contributed by atoms with Crippen LogP contribution >= 0.6 is 11.3 Å². The van der Waals surface area contributed by atoms with E-state index in [1.54, 1.807) is 35.3 Å². The summed E-state index contributed by atoms with van der Waals surface area (Å²) in [7, 11) is 1.77. The largest absolute Gasteiger partial charge is 0.368 e. The molecule has 0 fully saturated rings. The van der Waals surface area contributed by atoms with E-state index in [1.807, 2.05) is 49.6 Å². The SMILES string of the molecule is Cc1ccnc(Nc2cc(NCCNC(=O)c3cc(-c4cccs4)nn3C)nc(C)n2)c1. The number of rotatable bonds is 8. The zero-order valence-electron chi connectivity index (χ0n) is 18.1. The zero-order valence-corrected chi connectivity index (χ0v) is 18.9. The standard InChI is InChI=1S/C22H24N8OS/c1-14-6-7-23-19(11-14)28-21-13-20(26-15(2)27-21)24-8-9-25-22(31)17-12-16(29-30(17)3)18-5-4-10-32-18/h4-7,10-13H,8-9H2,1-3H3,(H,25,31)(H2,23,24,26,27,28). The van der Waals surface area contributed by atoms with Crippen LogP contribution < -0.4 is 16.0 Å². The summed E-state index contributed by atoms with van der Waals surface area (Å²) in [5, 5.41) is 15.8. The van der Waals surface area contributed by atoms with Gasteiger partial charge in [-0.25, -0.2) is 15.0 Å². The third kappa shape index (κ3) is 5.27. The van der Waals surface area contributed by atoms with E-state index in [1.165, 1.54) is 0 Å². The summed E-state index contributed by atoms with van der Waals surface area (Å²) in [4.78, 5) is 26.7. The Morgan fingerprint density at radius 2 is 1.91 bits per heavy atom. The van der Waals surface area contributed by atoms with E-state index in [9.17, 15) is 4.79 Å². The van der Waals surface area contributed by atoms with Gasteiger partial charge in [-0.05, 0) is 49.1 Å². The maximum Gasteiger partial charge on any atom is 0.269 e. The highest BCUT2D eigenvalue weighted by Crippen LogP contribution is 2.23. The Morgan fingerprint density at radius 3 is 2.69 bits per heavy atom. The lowest BCUT2D eigenvalue weighted by atomic mass is 10.3. The van der Waals surface area contributed by atoms with E-state index in [-0.39, 0.29) is 5.91 Å². The summed E-state index contributed by atoms with van der Waals surface area (Å²) in [6.45, 7) is 4.78. The smallest absolute Gasteiger partial charge is 0.269 e. The number of carbonyl (C=O) groups is 1. The summed E-state index contributed by atoms with van der Waals surface area (Å²) in [5.74, 6) is 2.50. The molecule has 0 aliphatic carbocycles. The van der Waals surface area contributed by atoms with Crippen LogP contribution in [0.25, 0.3) is 10.6 Å². The molecule has 164 valence electrons. The average Bonchev–Trinajstić information content (AvgIpc) is 3.40. The summed E-state index contributed by atoms with van der Waals surface area (Å²) in [6.07, 6.45) is 1.75. The number of thiophene rings is 1. The third-order valence-electron chi connectivity index (χ3n) is 4.61. The Balaban J connectivity index is 1.32. The molecule has 1 amide bonds. The fourth-order valence-electron chi connectivity index (χ4n) is 3.14. The predicted octanol–water partition coefficient (Wildman–Crippen LogP) is 3.54. The summed E-state index contributed by atoms with van der Waals surface area (Å²) in [6, 6.07) is 11.5. The Bertz CT molecular complexity index is 1220. The molecule has 3 N–H and O–H groups in total. The number of hydrogen-bond donors (Lipinski definition) is 3. The Labute approximate surface area is 190 Å². The van der Waals surface area contributed by atoms with E-state index in [4.69, 9.17) is 0 Å². The van der Waals surface area contributed by atoms with Gasteiger partial charge in [0.25, 0.3) is 5.91 Å². The molecule has 0 unspecified atom stereocenters. The van der Waals surface area contributed by atoms with Gasteiger partial charge >= 0.3 is 0 Å². The number of nitrogens with one attached hydrogen (secondary N) is 3. The van der Waals surface area contributed by atoms with Crippen LogP contribution in [0.2, 0.25) is 0 Å². The van der Waals surface area contributed by atoms with Crippen LogP contribution in [0, 0.1) is 13.8 Å². The van der Waals surface area contributed by atoms with E-state index in [2.05, 4.69) is 36.0 Å². The molecule has 0 bridgehead atoms. The van der Waals surface area contributed by atoms with Crippen LogP contribution in [0.4, 0.5) is 17.5 Å². The van der Waals surface area contributed by atoms with Gasteiger partial charge in [-0.2, -0.15) is 5.10 Å². The molecule has 0 atom stereocenters. The molecular weight excluding hydrogens is 424 g/mol. The molecule has 9 nitrogen and oxygen atoms in total. The molecule has 0 saturated carbocycles. The lowest BCUT2D eigenvalue weighted by molar-refractivity contribution is 0.0946. The van der Waals surface area contributed by atoms with Gasteiger partial charge in [-0.1, -0.05) is 6.07 Å². The van der Waals surface area contributed by atoms with Crippen LogP contribution in [-0.4, -0.2) is 43.7 Å². The number of aromatic nitrogens is 5. The van der Waals surface area contributed by atoms with Crippen molar-refractivity contribution >= 4 is 34.7 Å². The molecule has 4 aromatic rings. The second-order valence-electron chi connectivity index (χ2n) is 7.23. The highest BCUT2D eigenvalue weighted by atomic mass is 32.1. The van der Waals surface area contributed by atoms with Crippen molar-refractivity contribution in [1.82, 2.24) is 30.0 Å². The minimum Gasteiger partial charge on any atom is -0.368 e. The quantitative estimate of drug-likeness (QED) is 0.354.